The second-order valence-corrected chi connectivity index (χ2v) is 7.59. The fraction of sp³-hybridized carbons (Fsp3) is 0.421. The number of hydrogen-bond donors (Lipinski definition) is 1. The fourth-order valence-electron chi connectivity index (χ4n) is 3.09. The molecule has 1 N–H and O–H groups in total. The molecule has 0 bridgehead atoms. The van der Waals surface area contributed by atoms with E-state index in [4.69, 9.17) is 16.3 Å². The van der Waals surface area contributed by atoms with Crippen molar-refractivity contribution in [3.05, 3.63) is 51.7 Å². The number of amides is 1. The van der Waals surface area contributed by atoms with Gasteiger partial charge in [-0.15, -0.1) is 11.3 Å². The van der Waals surface area contributed by atoms with E-state index < -0.39 is 0 Å². The van der Waals surface area contributed by atoms with Crippen LogP contribution in [-0.4, -0.2) is 37.0 Å². The van der Waals surface area contributed by atoms with Gasteiger partial charge in [-0.2, -0.15) is 0 Å². The molecule has 0 saturated carbocycles. The Balaban J connectivity index is 1.52. The van der Waals surface area contributed by atoms with E-state index in [1.807, 2.05) is 0 Å². The van der Waals surface area contributed by atoms with Crippen LogP contribution in [0.1, 0.15) is 30.2 Å². The van der Waals surface area contributed by atoms with Crippen molar-refractivity contribution >= 4 is 28.8 Å². The minimum atomic E-state index is -0.112. The Morgan fingerprint density at radius 1 is 1.24 bits per heavy atom. The summed E-state index contributed by atoms with van der Waals surface area (Å²) in [4.78, 5) is 16.0. The number of likely N-dealkylation sites (tertiary alicyclic amines) is 1. The van der Waals surface area contributed by atoms with Gasteiger partial charge in [0.2, 0.25) is 0 Å². The fourth-order valence-corrected chi connectivity index (χ4v) is 4.13. The van der Waals surface area contributed by atoms with Crippen molar-refractivity contribution in [1.29, 1.82) is 0 Å². The van der Waals surface area contributed by atoms with Crippen LogP contribution in [-0.2, 0) is 4.79 Å². The third-order valence-electron chi connectivity index (χ3n) is 4.36. The summed E-state index contributed by atoms with van der Waals surface area (Å²) in [7, 11) is 0. The molecular weight excluding hydrogens is 356 g/mol. The van der Waals surface area contributed by atoms with Crippen LogP contribution in [0.4, 0.5) is 0 Å². The first-order valence-corrected chi connectivity index (χ1v) is 9.90. The average molecular weight is 379 g/mol. The predicted octanol–water partition coefficient (Wildman–Crippen LogP) is 4.12. The van der Waals surface area contributed by atoms with E-state index in [0.29, 0.717) is 17.3 Å². The van der Waals surface area contributed by atoms with Gasteiger partial charge in [0.05, 0.1) is 6.04 Å². The molecular formula is C19H23ClN2O2S. The number of ether oxygens (including phenoxy) is 1. The lowest BCUT2D eigenvalue weighted by atomic mass is 10.1. The van der Waals surface area contributed by atoms with Crippen LogP contribution < -0.4 is 10.1 Å². The average Bonchev–Trinajstić information content (AvgIpc) is 3.15. The molecule has 0 aliphatic carbocycles. The Hall–Kier alpha value is -1.56. The first kappa shape index (κ1) is 18.2. The van der Waals surface area contributed by atoms with E-state index >= 15 is 0 Å². The van der Waals surface area contributed by atoms with Gasteiger partial charge >= 0.3 is 0 Å². The molecule has 1 fully saturated rings. The molecule has 3 rings (SSSR count). The van der Waals surface area contributed by atoms with E-state index in [9.17, 15) is 4.79 Å². The summed E-state index contributed by atoms with van der Waals surface area (Å²) in [6.45, 7) is 2.80. The highest BCUT2D eigenvalue weighted by atomic mass is 35.5. The summed E-state index contributed by atoms with van der Waals surface area (Å²) in [5.74, 6) is 0.493. The molecule has 1 aromatic heterocycles. The zero-order chi connectivity index (χ0) is 17.5. The first-order valence-electron chi connectivity index (χ1n) is 8.65. The van der Waals surface area contributed by atoms with Crippen molar-refractivity contribution in [2.24, 2.45) is 0 Å². The van der Waals surface area contributed by atoms with Crippen LogP contribution in [0.3, 0.4) is 0 Å². The minimum Gasteiger partial charge on any atom is -0.484 e. The Morgan fingerprint density at radius 3 is 2.80 bits per heavy atom. The molecule has 1 aliphatic heterocycles. The van der Waals surface area contributed by atoms with Gasteiger partial charge in [0.25, 0.3) is 5.91 Å². The maximum absolute atomic E-state index is 12.2. The molecule has 134 valence electrons. The predicted molar refractivity (Wildman–Crippen MR) is 102 cm³/mol. The Bertz CT molecular complexity index is 672. The van der Waals surface area contributed by atoms with Gasteiger partial charge in [-0.3, -0.25) is 9.69 Å². The molecule has 0 unspecified atom stereocenters. The van der Waals surface area contributed by atoms with Gasteiger partial charge in [0.1, 0.15) is 5.75 Å². The summed E-state index contributed by atoms with van der Waals surface area (Å²) < 4.78 is 5.51. The monoisotopic (exact) mass is 378 g/mol. The van der Waals surface area contributed by atoms with Crippen LogP contribution in [0.15, 0.2) is 41.8 Å². The van der Waals surface area contributed by atoms with Gasteiger partial charge in [0.15, 0.2) is 6.61 Å². The largest absolute Gasteiger partial charge is 0.484 e. The number of rotatable bonds is 7. The Labute approximate surface area is 157 Å². The second kappa shape index (κ2) is 9.22. The summed E-state index contributed by atoms with van der Waals surface area (Å²) in [5, 5.41) is 5.71. The van der Waals surface area contributed by atoms with Crippen LogP contribution in [0.5, 0.6) is 5.75 Å². The van der Waals surface area contributed by atoms with E-state index in [2.05, 4.69) is 27.7 Å². The summed E-state index contributed by atoms with van der Waals surface area (Å²) in [5.41, 5.74) is 0. The normalized spacial score (nSPS) is 16.4. The first-order chi connectivity index (χ1) is 12.2. The molecule has 4 nitrogen and oxygen atoms in total. The Morgan fingerprint density at radius 2 is 2.08 bits per heavy atom. The van der Waals surface area contributed by atoms with Crippen molar-refractivity contribution < 1.29 is 9.53 Å². The van der Waals surface area contributed by atoms with Crippen molar-refractivity contribution in [2.75, 3.05) is 26.2 Å². The van der Waals surface area contributed by atoms with Crippen LogP contribution in [0.2, 0.25) is 5.02 Å². The smallest absolute Gasteiger partial charge is 0.258 e. The molecule has 2 heterocycles. The highest BCUT2D eigenvalue weighted by molar-refractivity contribution is 7.10. The SMILES string of the molecule is O=C(COc1cccc(Cl)c1)NC[C@@H](c1cccs1)N1CCCCC1. The highest BCUT2D eigenvalue weighted by Gasteiger charge is 2.23. The van der Waals surface area contributed by atoms with Gasteiger partial charge in [0, 0.05) is 16.4 Å². The molecule has 1 aliphatic rings. The van der Waals surface area contributed by atoms with Gasteiger partial charge in [-0.25, -0.2) is 0 Å². The molecule has 1 aromatic carbocycles. The Kier molecular flexibility index (Phi) is 6.73. The number of carbonyl (C=O) groups is 1. The summed E-state index contributed by atoms with van der Waals surface area (Å²) in [6, 6.07) is 11.5. The van der Waals surface area contributed by atoms with Crippen LogP contribution >= 0.6 is 22.9 Å². The standard InChI is InChI=1S/C19H23ClN2O2S/c20-15-6-4-7-16(12-15)24-14-19(23)21-13-17(18-8-5-11-25-18)22-9-2-1-3-10-22/h4-8,11-12,17H,1-3,9-10,13-14H2,(H,21,23)/t17-/m0/s1. The number of hydrogen-bond acceptors (Lipinski definition) is 4. The van der Waals surface area contributed by atoms with Crippen molar-refractivity contribution in [3.63, 3.8) is 0 Å². The van der Waals surface area contributed by atoms with E-state index in [1.54, 1.807) is 35.6 Å². The van der Waals surface area contributed by atoms with Crippen molar-refractivity contribution in [3.8, 4) is 5.75 Å². The number of nitrogens with one attached hydrogen (secondary N) is 1. The molecule has 1 amide bonds. The zero-order valence-electron chi connectivity index (χ0n) is 14.1. The number of carbonyl (C=O) groups excluding carboxylic acids is 1. The quantitative estimate of drug-likeness (QED) is 0.787. The van der Waals surface area contributed by atoms with Crippen molar-refractivity contribution in [2.45, 2.75) is 25.3 Å². The lowest BCUT2D eigenvalue weighted by Gasteiger charge is -2.34. The third-order valence-corrected chi connectivity index (χ3v) is 5.57. The zero-order valence-corrected chi connectivity index (χ0v) is 15.7. The van der Waals surface area contributed by atoms with Gasteiger partial charge < -0.3 is 10.1 Å². The van der Waals surface area contributed by atoms with Crippen molar-refractivity contribution in [1.82, 2.24) is 10.2 Å². The number of benzene rings is 1. The molecule has 0 spiro atoms. The third kappa shape index (κ3) is 5.46. The summed E-state index contributed by atoms with van der Waals surface area (Å²) in [6.07, 6.45) is 3.76. The van der Waals surface area contributed by atoms with Gasteiger partial charge in [-0.05, 0) is 55.6 Å². The van der Waals surface area contributed by atoms with Crippen LogP contribution in [0, 0.1) is 0 Å². The molecule has 1 atom stereocenters. The molecule has 6 heteroatoms. The maximum atomic E-state index is 12.2. The lowest BCUT2D eigenvalue weighted by Crippen LogP contribution is -2.41. The molecule has 1 saturated heterocycles. The minimum absolute atomic E-state index is 0.00248. The number of piperidine rings is 1. The second-order valence-electron chi connectivity index (χ2n) is 6.18. The highest BCUT2D eigenvalue weighted by Crippen LogP contribution is 2.27. The number of halogens is 1. The van der Waals surface area contributed by atoms with E-state index in [0.717, 1.165) is 13.1 Å². The van der Waals surface area contributed by atoms with E-state index in [1.165, 1.54) is 24.1 Å². The van der Waals surface area contributed by atoms with Crippen LogP contribution in [0.25, 0.3) is 0 Å². The number of nitrogens with zero attached hydrogens (tertiary/aromatic N) is 1. The molecule has 2 aromatic rings. The molecule has 0 radical (unpaired) electrons. The topological polar surface area (TPSA) is 41.6 Å². The van der Waals surface area contributed by atoms with Gasteiger partial charge in [-0.1, -0.05) is 30.2 Å². The number of thiophene rings is 1. The molecule has 25 heavy (non-hydrogen) atoms. The maximum Gasteiger partial charge on any atom is 0.258 e. The van der Waals surface area contributed by atoms with E-state index in [-0.39, 0.29) is 18.6 Å². The lowest BCUT2D eigenvalue weighted by molar-refractivity contribution is -0.123. The summed E-state index contributed by atoms with van der Waals surface area (Å²) >= 11 is 7.67.